The van der Waals surface area contributed by atoms with Crippen LogP contribution in [0.2, 0.25) is 0 Å². The zero-order chi connectivity index (χ0) is 24.6. The molecule has 2 N–H and O–H groups in total. The van der Waals surface area contributed by atoms with Gasteiger partial charge in [0.15, 0.2) is 5.16 Å². The van der Waals surface area contributed by atoms with E-state index in [-0.39, 0.29) is 11.1 Å². The number of aromatic nitrogens is 3. The Morgan fingerprint density at radius 1 is 0.886 bits per heavy atom. The predicted octanol–water partition coefficient (Wildman–Crippen LogP) is 5.52. The number of carboxylic acids is 1. The molecule has 0 atom stereocenters. The summed E-state index contributed by atoms with van der Waals surface area (Å²) in [4.78, 5) is 24.0. The van der Waals surface area contributed by atoms with Crippen LogP contribution < -0.4 is 5.32 Å². The third kappa shape index (κ3) is 6.16. The topological polar surface area (TPSA) is 97.1 Å². The third-order valence-corrected chi connectivity index (χ3v) is 6.47. The molecule has 1 aromatic heterocycles. The maximum absolute atomic E-state index is 12.6. The molecule has 1 heterocycles. The fourth-order valence-electron chi connectivity index (χ4n) is 3.66. The minimum Gasteiger partial charge on any atom is -0.478 e. The molecule has 0 aliphatic heterocycles. The van der Waals surface area contributed by atoms with Gasteiger partial charge < -0.3 is 15.0 Å². The van der Waals surface area contributed by atoms with E-state index in [1.54, 1.807) is 23.9 Å². The number of benzene rings is 3. The Balaban J connectivity index is 1.47. The van der Waals surface area contributed by atoms with Gasteiger partial charge in [0.25, 0.3) is 5.91 Å². The Kier molecular flexibility index (Phi) is 7.95. The summed E-state index contributed by atoms with van der Waals surface area (Å²) in [7, 11) is 0. The van der Waals surface area contributed by atoms with Crippen molar-refractivity contribution in [2.75, 3.05) is 5.32 Å². The number of hydrogen-bond acceptors (Lipinski definition) is 5. The molecule has 1 amide bonds. The van der Waals surface area contributed by atoms with Crippen LogP contribution in [0.4, 0.5) is 5.69 Å². The molecule has 4 aromatic rings. The second-order valence-corrected chi connectivity index (χ2v) is 8.95. The SMILES string of the molecule is CCCc1nnc(SCc2ccccc2)n1Cc1ccc(NC(=O)c2ccccc2C(=O)O)cc1. The summed E-state index contributed by atoms with van der Waals surface area (Å²) in [6.07, 6.45) is 1.82. The first-order chi connectivity index (χ1) is 17.0. The van der Waals surface area contributed by atoms with E-state index in [1.807, 2.05) is 42.5 Å². The van der Waals surface area contributed by atoms with Gasteiger partial charge in [-0.15, -0.1) is 10.2 Å². The molecular weight excluding hydrogens is 460 g/mol. The average Bonchev–Trinajstić information content (AvgIpc) is 3.25. The number of carbonyl (C=O) groups excluding carboxylic acids is 1. The van der Waals surface area contributed by atoms with E-state index in [4.69, 9.17) is 0 Å². The molecular formula is C27H26N4O3S. The van der Waals surface area contributed by atoms with Crippen molar-refractivity contribution >= 4 is 29.3 Å². The predicted molar refractivity (Wildman–Crippen MR) is 137 cm³/mol. The Labute approximate surface area is 208 Å². The van der Waals surface area contributed by atoms with Crippen molar-refractivity contribution in [2.45, 2.75) is 37.2 Å². The van der Waals surface area contributed by atoms with Crippen LogP contribution in [0.15, 0.2) is 84.0 Å². The highest BCUT2D eigenvalue weighted by molar-refractivity contribution is 7.98. The highest BCUT2D eigenvalue weighted by Crippen LogP contribution is 2.24. The Bertz CT molecular complexity index is 1300. The molecule has 3 aromatic carbocycles. The summed E-state index contributed by atoms with van der Waals surface area (Å²) in [5, 5.41) is 21.8. The lowest BCUT2D eigenvalue weighted by Gasteiger charge is -2.12. The number of rotatable bonds is 10. The summed E-state index contributed by atoms with van der Waals surface area (Å²) < 4.78 is 2.15. The minimum absolute atomic E-state index is 0.0294. The van der Waals surface area contributed by atoms with Crippen LogP contribution in [-0.4, -0.2) is 31.7 Å². The molecule has 0 radical (unpaired) electrons. The van der Waals surface area contributed by atoms with Crippen LogP contribution >= 0.6 is 11.8 Å². The minimum atomic E-state index is -1.14. The van der Waals surface area contributed by atoms with Crippen LogP contribution in [0.5, 0.6) is 0 Å². The van der Waals surface area contributed by atoms with Gasteiger partial charge in [0.1, 0.15) is 5.82 Å². The molecule has 0 saturated carbocycles. The number of hydrogen-bond donors (Lipinski definition) is 2. The van der Waals surface area contributed by atoms with Gasteiger partial charge in [-0.1, -0.05) is 73.3 Å². The van der Waals surface area contributed by atoms with Gasteiger partial charge in [-0.3, -0.25) is 4.79 Å². The van der Waals surface area contributed by atoms with Gasteiger partial charge in [0.2, 0.25) is 0 Å². The van der Waals surface area contributed by atoms with Gasteiger partial charge in [0.05, 0.1) is 17.7 Å². The van der Waals surface area contributed by atoms with E-state index in [0.29, 0.717) is 12.2 Å². The molecule has 7 nitrogen and oxygen atoms in total. The van der Waals surface area contributed by atoms with Gasteiger partial charge in [-0.2, -0.15) is 0 Å². The van der Waals surface area contributed by atoms with Crippen molar-refractivity contribution < 1.29 is 14.7 Å². The van der Waals surface area contributed by atoms with E-state index in [0.717, 1.165) is 35.1 Å². The van der Waals surface area contributed by atoms with Crippen LogP contribution in [0, 0.1) is 0 Å². The molecule has 0 fully saturated rings. The first-order valence-corrected chi connectivity index (χ1v) is 12.3. The van der Waals surface area contributed by atoms with Crippen molar-refractivity contribution in [3.05, 3.63) is 107 Å². The van der Waals surface area contributed by atoms with Crippen LogP contribution in [0.3, 0.4) is 0 Å². The zero-order valence-electron chi connectivity index (χ0n) is 19.3. The fraction of sp³-hybridized carbons (Fsp3) is 0.185. The van der Waals surface area contributed by atoms with Gasteiger partial charge in [-0.25, -0.2) is 4.79 Å². The lowest BCUT2D eigenvalue weighted by atomic mass is 10.1. The molecule has 0 bridgehead atoms. The number of carbonyl (C=O) groups is 2. The monoisotopic (exact) mass is 486 g/mol. The van der Waals surface area contributed by atoms with E-state index in [2.05, 4.69) is 39.1 Å². The van der Waals surface area contributed by atoms with Crippen LogP contribution in [0.25, 0.3) is 0 Å². The van der Waals surface area contributed by atoms with E-state index >= 15 is 0 Å². The number of amides is 1. The number of nitrogens with one attached hydrogen (secondary N) is 1. The Morgan fingerprint density at radius 2 is 1.57 bits per heavy atom. The number of aryl methyl sites for hydroxylation is 1. The lowest BCUT2D eigenvalue weighted by Crippen LogP contribution is -2.16. The first kappa shape index (κ1) is 24.2. The molecule has 178 valence electrons. The van der Waals surface area contributed by atoms with E-state index in [1.165, 1.54) is 17.7 Å². The second kappa shape index (κ2) is 11.5. The molecule has 0 spiro atoms. The highest BCUT2D eigenvalue weighted by atomic mass is 32.2. The summed E-state index contributed by atoms with van der Waals surface area (Å²) >= 11 is 1.66. The normalized spacial score (nSPS) is 10.8. The zero-order valence-corrected chi connectivity index (χ0v) is 20.2. The van der Waals surface area contributed by atoms with Crippen molar-refractivity contribution in [3.63, 3.8) is 0 Å². The number of anilines is 1. The van der Waals surface area contributed by atoms with Gasteiger partial charge >= 0.3 is 5.97 Å². The van der Waals surface area contributed by atoms with Crippen LogP contribution in [0.1, 0.15) is 51.0 Å². The standard InChI is InChI=1S/C27H26N4O3S/c1-2-8-24-29-30-27(35-18-20-9-4-3-5-10-20)31(24)17-19-13-15-21(16-14-19)28-25(32)22-11-6-7-12-23(22)26(33)34/h3-7,9-16H,2,8,17-18H2,1H3,(H,28,32)(H,33,34). The first-order valence-electron chi connectivity index (χ1n) is 11.4. The quantitative estimate of drug-likeness (QED) is 0.287. The summed E-state index contributed by atoms with van der Waals surface area (Å²) in [6, 6.07) is 24.0. The number of nitrogens with zero attached hydrogens (tertiary/aromatic N) is 3. The smallest absolute Gasteiger partial charge is 0.336 e. The summed E-state index contributed by atoms with van der Waals surface area (Å²) in [5.41, 5.74) is 2.97. The Morgan fingerprint density at radius 3 is 2.26 bits per heavy atom. The maximum Gasteiger partial charge on any atom is 0.336 e. The number of thioether (sulfide) groups is 1. The fourth-order valence-corrected chi connectivity index (χ4v) is 4.57. The molecule has 0 aliphatic rings. The molecule has 4 rings (SSSR count). The molecule has 0 aliphatic carbocycles. The van der Waals surface area contributed by atoms with Gasteiger partial charge in [0, 0.05) is 17.9 Å². The summed E-state index contributed by atoms with van der Waals surface area (Å²) in [5.74, 6) is 0.169. The average molecular weight is 487 g/mol. The van der Waals surface area contributed by atoms with Crippen molar-refractivity contribution in [1.29, 1.82) is 0 Å². The largest absolute Gasteiger partial charge is 0.478 e. The lowest BCUT2D eigenvalue weighted by molar-refractivity contribution is 0.0692. The second-order valence-electron chi connectivity index (χ2n) is 8.01. The van der Waals surface area contributed by atoms with Crippen molar-refractivity contribution in [2.24, 2.45) is 0 Å². The van der Waals surface area contributed by atoms with Crippen molar-refractivity contribution in [1.82, 2.24) is 14.8 Å². The third-order valence-electron chi connectivity index (χ3n) is 5.43. The van der Waals surface area contributed by atoms with Crippen molar-refractivity contribution in [3.8, 4) is 0 Å². The van der Waals surface area contributed by atoms with Gasteiger partial charge in [-0.05, 0) is 41.8 Å². The highest BCUT2D eigenvalue weighted by Gasteiger charge is 2.16. The maximum atomic E-state index is 12.6. The Hall–Kier alpha value is -3.91. The molecule has 0 unspecified atom stereocenters. The number of aromatic carboxylic acids is 1. The molecule has 35 heavy (non-hydrogen) atoms. The molecule has 8 heteroatoms. The van der Waals surface area contributed by atoms with E-state index in [9.17, 15) is 14.7 Å². The number of carboxylic acid groups (broad SMARTS) is 1. The summed E-state index contributed by atoms with van der Waals surface area (Å²) in [6.45, 7) is 2.74. The molecule has 0 saturated heterocycles. The van der Waals surface area contributed by atoms with E-state index < -0.39 is 11.9 Å². The van der Waals surface area contributed by atoms with Crippen LogP contribution in [-0.2, 0) is 18.7 Å².